The zero-order chi connectivity index (χ0) is 26.8. The molecule has 2 aromatic rings. The summed E-state index contributed by atoms with van der Waals surface area (Å²) in [5.74, 6) is -5.24. The van der Waals surface area contributed by atoms with E-state index < -0.39 is 58.9 Å². The number of carboxylic acids is 1. The van der Waals surface area contributed by atoms with E-state index in [1.54, 1.807) is 6.92 Å². The molecule has 0 fully saturated rings. The van der Waals surface area contributed by atoms with Crippen molar-refractivity contribution in [3.63, 3.8) is 0 Å². The monoisotopic (exact) mass is 503 g/mol. The molecule has 3 atom stereocenters. The molecular formula is C24H26FN3O8. The highest BCUT2D eigenvalue weighted by atomic mass is 19.1. The Labute approximate surface area is 205 Å². The fraction of sp³-hybridized carbons (Fsp3) is 0.333. The molecule has 0 bridgehead atoms. The van der Waals surface area contributed by atoms with Crippen molar-refractivity contribution in [1.29, 1.82) is 0 Å². The number of rotatable bonds is 12. The Kier molecular flexibility index (Phi) is 10.0. The lowest BCUT2D eigenvalue weighted by Gasteiger charge is -2.27. The first kappa shape index (κ1) is 27.9. The number of non-ortho nitro benzene ring substituents is 1. The van der Waals surface area contributed by atoms with Gasteiger partial charge in [0.1, 0.15) is 17.9 Å². The zero-order valence-electron chi connectivity index (χ0n) is 19.6. The number of nitro groups is 1. The van der Waals surface area contributed by atoms with E-state index in [1.165, 1.54) is 43.3 Å². The zero-order valence-corrected chi connectivity index (χ0v) is 19.6. The molecule has 192 valence electrons. The van der Waals surface area contributed by atoms with Gasteiger partial charge in [-0.05, 0) is 30.2 Å². The minimum absolute atomic E-state index is 0.0399. The summed E-state index contributed by atoms with van der Waals surface area (Å²) in [6.07, 6.45) is -0.496. The van der Waals surface area contributed by atoms with E-state index in [1.807, 2.05) is 0 Å². The number of carbonyl (C=O) groups excluding carboxylic acids is 3. The standard InChI is InChI=1S/C24H26FN3O8/c1-3-36-21(30)13-19(16-6-10-18(11-7-16)28(34)35)22(24(32)33)27-23(31)20(26-14(2)29)12-15-4-8-17(25)9-5-15/h4-11,19-20,22H,3,12-13H2,1-2H3,(H,26,29)(H,27,31)(H,32,33)/t19-,20+,22-/m1/s1. The van der Waals surface area contributed by atoms with Crippen molar-refractivity contribution in [3.05, 3.63) is 75.6 Å². The molecule has 0 spiro atoms. The smallest absolute Gasteiger partial charge is 0.326 e. The van der Waals surface area contributed by atoms with Gasteiger partial charge < -0.3 is 20.5 Å². The first-order valence-corrected chi connectivity index (χ1v) is 11.0. The number of benzene rings is 2. The molecule has 0 heterocycles. The van der Waals surface area contributed by atoms with Gasteiger partial charge >= 0.3 is 11.9 Å². The maximum Gasteiger partial charge on any atom is 0.326 e. The number of nitrogens with zero attached hydrogens (tertiary/aromatic N) is 1. The molecule has 0 saturated carbocycles. The van der Waals surface area contributed by atoms with Gasteiger partial charge in [0.25, 0.3) is 5.69 Å². The highest BCUT2D eigenvalue weighted by Gasteiger charge is 2.35. The SMILES string of the molecule is CCOC(=O)C[C@H](c1ccc([N+](=O)[O-])cc1)[C@@H](NC(=O)[C@H](Cc1ccc(F)cc1)NC(C)=O)C(=O)O. The quantitative estimate of drug-likeness (QED) is 0.225. The maximum absolute atomic E-state index is 13.2. The summed E-state index contributed by atoms with van der Waals surface area (Å²) in [5, 5.41) is 25.7. The Morgan fingerprint density at radius 3 is 2.17 bits per heavy atom. The Hall–Kier alpha value is -4.35. The Bertz CT molecular complexity index is 1110. The van der Waals surface area contributed by atoms with Gasteiger partial charge in [-0.15, -0.1) is 0 Å². The molecule has 3 N–H and O–H groups in total. The molecule has 12 heteroatoms. The molecule has 11 nitrogen and oxygen atoms in total. The number of hydrogen-bond donors (Lipinski definition) is 3. The number of nitrogens with one attached hydrogen (secondary N) is 2. The number of esters is 1. The summed E-state index contributed by atoms with van der Waals surface area (Å²) in [4.78, 5) is 59.6. The molecule has 0 aliphatic heterocycles. The fourth-order valence-corrected chi connectivity index (χ4v) is 3.57. The number of carboxylic acid groups (broad SMARTS) is 1. The summed E-state index contributed by atoms with van der Waals surface area (Å²) in [7, 11) is 0. The van der Waals surface area contributed by atoms with Crippen LogP contribution in [-0.4, -0.2) is 52.5 Å². The van der Waals surface area contributed by atoms with Crippen LogP contribution in [0.15, 0.2) is 48.5 Å². The average molecular weight is 503 g/mol. The molecule has 0 aromatic heterocycles. The van der Waals surface area contributed by atoms with E-state index in [2.05, 4.69) is 10.6 Å². The molecular weight excluding hydrogens is 477 g/mol. The largest absolute Gasteiger partial charge is 0.480 e. The van der Waals surface area contributed by atoms with Crippen molar-refractivity contribution in [2.45, 2.75) is 44.7 Å². The number of amides is 2. The van der Waals surface area contributed by atoms with Crippen LogP contribution < -0.4 is 10.6 Å². The minimum atomic E-state index is -1.65. The fourth-order valence-electron chi connectivity index (χ4n) is 3.57. The Balaban J connectivity index is 2.37. The first-order chi connectivity index (χ1) is 17.0. The number of ether oxygens (including phenoxy) is 1. The van der Waals surface area contributed by atoms with Gasteiger partial charge in [0.15, 0.2) is 0 Å². The van der Waals surface area contributed by atoms with Crippen molar-refractivity contribution in [2.24, 2.45) is 0 Å². The van der Waals surface area contributed by atoms with Crippen LogP contribution in [0.25, 0.3) is 0 Å². The number of halogens is 1. The van der Waals surface area contributed by atoms with Crippen LogP contribution in [0.5, 0.6) is 0 Å². The second kappa shape index (κ2) is 12.9. The minimum Gasteiger partial charge on any atom is -0.480 e. The van der Waals surface area contributed by atoms with Crippen LogP contribution in [0.1, 0.15) is 37.3 Å². The van der Waals surface area contributed by atoms with Crippen molar-refractivity contribution in [3.8, 4) is 0 Å². The topological polar surface area (TPSA) is 165 Å². The van der Waals surface area contributed by atoms with Crippen LogP contribution in [0.2, 0.25) is 0 Å². The van der Waals surface area contributed by atoms with Gasteiger partial charge in [0, 0.05) is 31.4 Å². The maximum atomic E-state index is 13.2. The molecule has 36 heavy (non-hydrogen) atoms. The summed E-state index contributed by atoms with van der Waals surface area (Å²) in [5.41, 5.74) is 0.515. The predicted octanol–water partition coefficient (Wildman–Crippen LogP) is 2.09. The summed E-state index contributed by atoms with van der Waals surface area (Å²) in [6.45, 7) is 2.79. The summed E-state index contributed by atoms with van der Waals surface area (Å²) < 4.78 is 18.2. The molecule has 0 saturated heterocycles. The van der Waals surface area contributed by atoms with E-state index in [0.717, 1.165) is 12.1 Å². The molecule has 2 rings (SSSR count). The third-order valence-corrected chi connectivity index (χ3v) is 5.24. The van der Waals surface area contributed by atoms with Crippen LogP contribution in [0.3, 0.4) is 0 Å². The van der Waals surface area contributed by atoms with E-state index in [0.29, 0.717) is 5.56 Å². The van der Waals surface area contributed by atoms with Gasteiger partial charge in [0.05, 0.1) is 18.0 Å². The molecule has 2 amide bonds. The van der Waals surface area contributed by atoms with E-state index in [4.69, 9.17) is 4.74 Å². The van der Waals surface area contributed by atoms with E-state index in [-0.39, 0.29) is 24.3 Å². The van der Waals surface area contributed by atoms with Crippen LogP contribution in [0.4, 0.5) is 10.1 Å². The van der Waals surface area contributed by atoms with Crippen molar-refractivity contribution in [1.82, 2.24) is 10.6 Å². The Morgan fingerprint density at radius 2 is 1.67 bits per heavy atom. The number of nitro benzene ring substituents is 1. The normalized spacial score (nSPS) is 13.1. The van der Waals surface area contributed by atoms with Gasteiger partial charge in [-0.2, -0.15) is 0 Å². The Morgan fingerprint density at radius 1 is 1.06 bits per heavy atom. The highest BCUT2D eigenvalue weighted by molar-refractivity contribution is 5.91. The highest BCUT2D eigenvalue weighted by Crippen LogP contribution is 2.27. The third-order valence-electron chi connectivity index (χ3n) is 5.24. The predicted molar refractivity (Wildman–Crippen MR) is 124 cm³/mol. The van der Waals surface area contributed by atoms with Gasteiger partial charge in [-0.3, -0.25) is 24.5 Å². The molecule has 0 radical (unpaired) electrons. The second-order valence-corrected chi connectivity index (χ2v) is 7.87. The lowest BCUT2D eigenvalue weighted by molar-refractivity contribution is -0.384. The molecule has 0 aliphatic rings. The molecule has 2 aromatic carbocycles. The van der Waals surface area contributed by atoms with E-state index >= 15 is 0 Å². The van der Waals surface area contributed by atoms with Crippen molar-refractivity contribution in [2.75, 3.05) is 6.61 Å². The molecule has 0 unspecified atom stereocenters. The number of carbonyl (C=O) groups is 4. The average Bonchev–Trinajstić information content (AvgIpc) is 2.82. The van der Waals surface area contributed by atoms with Crippen LogP contribution in [0, 0.1) is 15.9 Å². The van der Waals surface area contributed by atoms with Crippen molar-refractivity contribution < 1.29 is 38.3 Å². The summed E-state index contributed by atoms with van der Waals surface area (Å²) in [6, 6.07) is 7.28. The lowest BCUT2D eigenvalue weighted by Crippen LogP contribution is -2.54. The molecule has 0 aliphatic carbocycles. The van der Waals surface area contributed by atoms with Gasteiger partial charge in [0.2, 0.25) is 11.8 Å². The lowest BCUT2D eigenvalue weighted by atomic mass is 9.88. The van der Waals surface area contributed by atoms with Crippen LogP contribution >= 0.6 is 0 Å². The number of aliphatic carboxylic acids is 1. The van der Waals surface area contributed by atoms with Gasteiger partial charge in [-0.25, -0.2) is 9.18 Å². The summed E-state index contributed by atoms with van der Waals surface area (Å²) >= 11 is 0. The third kappa shape index (κ3) is 8.15. The van der Waals surface area contributed by atoms with Gasteiger partial charge in [-0.1, -0.05) is 24.3 Å². The van der Waals surface area contributed by atoms with Crippen molar-refractivity contribution >= 4 is 29.4 Å². The van der Waals surface area contributed by atoms with E-state index in [9.17, 15) is 38.8 Å². The second-order valence-electron chi connectivity index (χ2n) is 7.87. The number of hydrogen-bond acceptors (Lipinski definition) is 7. The van der Waals surface area contributed by atoms with Crippen LogP contribution in [-0.2, 0) is 30.3 Å². The first-order valence-electron chi connectivity index (χ1n) is 11.0.